The molecule has 0 bridgehead atoms. The number of ether oxygens (including phenoxy) is 2. The molecule has 4 heterocycles. The van der Waals surface area contributed by atoms with Gasteiger partial charge in [0.05, 0.1) is 43.3 Å². The predicted molar refractivity (Wildman–Crippen MR) is 156 cm³/mol. The van der Waals surface area contributed by atoms with Crippen molar-refractivity contribution < 1.29 is 27.6 Å². The summed E-state index contributed by atoms with van der Waals surface area (Å²) < 4.78 is 46.4. The fraction of sp³-hybridized carbons (Fsp3) is 0.323. The van der Waals surface area contributed by atoms with Gasteiger partial charge in [0.2, 0.25) is 0 Å². The number of benzene rings is 2. The molecule has 3 aliphatic heterocycles. The minimum absolute atomic E-state index is 0.0242. The zero-order chi connectivity index (χ0) is 30.5. The lowest BCUT2D eigenvalue weighted by Gasteiger charge is -2.26. The molecule has 44 heavy (non-hydrogen) atoms. The van der Waals surface area contributed by atoms with Gasteiger partial charge in [-0.3, -0.25) is 14.4 Å². The Morgan fingerprint density at radius 3 is 2.75 bits per heavy atom. The van der Waals surface area contributed by atoms with Crippen LogP contribution in [0.5, 0.6) is 5.75 Å². The SMILES string of the molecule is CCCOc1ccc(-c2cc(Cn3cc4nc(-c5cccc(F)c5F)nc-4cn3)on2)cc1C(=O)NCCN1CCOCC1. The highest BCUT2D eigenvalue weighted by Gasteiger charge is 2.20. The Morgan fingerprint density at radius 1 is 1.07 bits per heavy atom. The van der Waals surface area contributed by atoms with Gasteiger partial charge in [-0.25, -0.2) is 18.7 Å². The first kappa shape index (κ1) is 29.3. The summed E-state index contributed by atoms with van der Waals surface area (Å²) in [5.41, 5.74) is 2.54. The monoisotopic (exact) mass is 603 g/mol. The normalized spacial score (nSPS) is 13.8. The van der Waals surface area contributed by atoms with Gasteiger partial charge in [-0.15, -0.1) is 0 Å². The summed E-state index contributed by atoms with van der Waals surface area (Å²) in [6, 6.07) is 11.0. The van der Waals surface area contributed by atoms with Gasteiger partial charge in [0.15, 0.2) is 23.2 Å². The second kappa shape index (κ2) is 13.3. The first-order chi connectivity index (χ1) is 21.5. The summed E-state index contributed by atoms with van der Waals surface area (Å²) in [6.07, 6.45) is 3.95. The molecular formula is C31H31F2N7O4. The number of imidazole rings is 1. The number of morpholine rings is 1. The Kier molecular flexibility index (Phi) is 8.84. The molecule has 0 radical (unpaired) electrons. The molecule has 13 heteroatoms. The van der Waals surface area contributed by atoms with Crippen LogP contribution in [0.3, 0.4) is 0 Å². The van der Waals surface area contributed by atoms with Crippen molar-refractivity contribution in [2.45, 2.75) is 19.9 Å². The van der Waals surface area contributed by atoms with E-state index in [0.29, 0.717) is 66.1 Å². The molecule has 2 aromatic carbocycles. The molecule has 1 N–H and O–H groups in total. The van der Waals surface area contributed by atoms with Gasteiger partial charge in [0.1, 0.15) is 29.4 Å². The molecule has 3 aromatic rings. The van der Waals surface area contributed by atoms with E-state index in [9.17, 15) is 13.6 Å². The van der Waals surface area contributed by atoms with E-state index in [1.807, 2.05) is 13.0 Å². The van der Waals surface area contributed by atoms with Crippen LogP contribution < -0.4 is 10.1 Å². The lowest BCUT2D eigenvalue weighted by Crippen LogP contribution is -2.41. The molecule has 6 rings (SSSR count). The first-order valence-corrected chi connectivity index (χ1v) is 14.4. The Balaban J connectivity index is 1.17. The van der Waals surface area contributed by atoms with Crippen LogP contribution in [-0.4, -0.2) is 81.7 Å². The van der Waals surface area contributed by atoms with E-state index in [-0.39, 0.29) is 23.8 Å². The van der Waals surface area contributed by atoms with Crippen LogP contribution in [0.25, 0.3) is 34.0 Å². The average Bonchev–Trinajstić information content (AvgIpc) is 3.69. The molecule has 1 fully saturated rings. The van der Waals surface area contributed by atoms with Crippen molar-refractivity contribution in [3.63, 3.8) is 0 Å². The van der Waals surface area contributed by atoms with Gasteiger partial charge in [-0.2, -0.15) is 5.10 Å². The fourth-order valence-corrected chi connectivity index (χ4v) is 4.88. The topological polar surface area (TPSA) is 120 Å². The lowest BCUT2D eigenvalue weighted by atomic mass is 10.1. The number of halogens is 2. The summed E-state index contributed by atoms with van der Waals surface area (Å²) in [4.78, 5) is 24.1. The Morgan fingerprint density at radius 2 is 1.91 bits per heavy atom. The van der Waals surface area contributed by atoms with Crippen molar-refractivity contribution in [2.24, 2.45) is 0 Å². The summed E-state index contributed by atoms with van der Waals surface area (Å²) in [5.74, 6) is -1.11. The number of rotatable bonds is 11. The number of fused-ring (bicyclic) bond motifs is 1. The number of carbonyl (C=O) groups is 1. The van der Waals surface area contributed by atoms with Gasteiger partial charge >= 0.3 is 0 Å². The molecule has 1 amide bonds. The fourth-order valence-electron chi connectivity index (χ4n) is 4.88. The zero-order valence-electron chi connectivity index (χ0n) is 24.1. The summed E-state index contributed by atoms with van der Waals surface area (Å²) in [5, 5.41) is 11.6. The number of hydrogen-bond acceptors (Lipinski definition) is 9. The highest BCUT2D eigenvalue weighted by molar-refractivity contribution is 5.98. The van der Waals surface area contributed by atoms with E-state index >= 15 is 0 Å². The van der Waals surface area contributed by atoms with Crippen molar-refractivity contribution >= 4 is 5.91 Å². The third kappa shape index (κ3) is 6.58. The van der Waals surface area contributed by atoms with Gasteiger partial charge in [-0.05, 0) is 36.8 Å². The van der Waals surface area contributed by atoms with Crippen LogP contribution in [0.4, 0.5) is 8.78 Å². The molecule has 0 saturated carbocycles. The molecule has 11 nitrogen and oxygen atoms in total. The van der Waals surface area contributed by atoms with Crippen molar-refractivity contribution in [2.75, 3.05) is 46.0 Å². The molecule has 0 spiro atoms. The van der Waals surface area contributed by atoms with Crippen molar-refractivity contribution in [3.05, 3.63) is 77.8 Å². The predicted octanol–water partition coefficient (Wildman–Crippen LogP) is 4.28. The molecule has 0 atom stereocenters. The van der Waals surface area contributed by atoms with Crippen LogP contribution in [0, 0.1) is 11.6 Å². The molecule has 0 aliphatic carbocycles. The van der Waals surface area contributed by atoms with Crippen LogP contribution in [0.1, 0.15) is 29.5 Å². The minimum Gasteiger partial charge on any atom is -0.493 e. The second-order valence-corrected chi connectivity index (χ2v) is 10.3. The van der Waals surface area contributed by atoms with Crippen molar-refractivity contribution in [1.29, 1.82) is 0 Å². The number of amides is 1. The van der Waals surface area contributed by atoms with Gasteiger partial charge in [0, 0.05) is 37.8 Å². The van der Waals surface area contributed by atoms with E-state index in [1.54, 1.807) is 29.1 Å². The largest absolute Gasteiger partial charge is 0.493 e. The molecule has 0 unspecified atom stereocenters. The van der Waals surface area contributed by atoms with Crippen LogP contribution in [0.2, 0.25) is 0 Å². The van der Waals surface area contributed by atoms with Crippen LogP contribution >= 0.6 is 0 Å². The summed E-state index contributed by atoms with van der Waals surface area (Å²) in [6.45, 7) is 7.07. The summed E-state index contributed by atoms with van der Waals surface area (Å²) in [7, 11) is 0. The van der Waals surface area contributed by atoms with Crippen molar-refractivity contribution in [1.82, 2.24) is 35.1 Å². The first-order valence-electron chi connectivity index (χ1n) is 14.4. The van der Waals surface area contributed by atoms with E-state index in [2.05, 4.69) is 30.4 Å². The molecular weight excluding hydrogens is 572 g/mol. The quantitative estimate of drug-likeness (QED) is 0.236. The maximum Gasteiger partial charge on any atom is 0.255 e. The maximum atomic E-state index is 14.3. The Labute approximate surface area is 252 Å². The van der Waals surface area contributed by atoms with E-state index in [4.69, 9.17) is 14.0 Å². The number of nitrogens with zero attached hydrogens (tertiary/aromatic N) is 6. The Hall–Kier alpha value is -4.75. The number of carbonyl (C=O) groups excluding carboxylic acids is 1. The molecule has 1 aromatic heterocycles. The standard InChI is InChI=1S/C31H31F2N7O4/c1-2-12-43-28-7-6-20(15-23(28)31(41)34-8-9-39-10-13-42-14-11-39)25-16-21(44-38-25)18-40-19-27-26(17-35-40)36-30(37-27)22-4-3-5-24(32)29(22)33/h3-7,15-17,19H,2,8-14,18H2,1H3,(H,34,41). The van der Waals surface area contributed by atoms with Crippen LogP contribution in [-0.2, 0) is 11.3 Å². The average molecular weight is 604 g/mol. The number of nitrogens with one attached hydrogen (secondary N) is 1. The Bertz CT molecular complexity index is 1720. The van der Waals surface area contributed by atoms with E-state index < -0.39 is 11.6 Å². The van der Waals surface area contributed by atoms with E-state index in [1.165, 1.54) is 18.3 Å². The molecule has 1 saturated heterocycles. The molecule has 3 aliphatic rings. The third-order valence-corrected chi connectivity index (χ3v) is 7.18. The lowest BCUT2D eigenvalue weighted by molar-refractivity contribution is 0.0383. The smallest absolute Gasteiger partial charge is 0.255 e. The number of hydrogen-bond donors (Lipinski definition) is 1. The third-order valence-electron chi connectivity index (χ3n) is 7.18. The van der Waals surface area contributed by atoms with E-state index in [0.717, 1.165) is 32.1 Å². The minimum atomic E-state index is -1.00. The van der Waals surface area contributed by atoms with Crippen molar-refractivity contribution in [3.8, 4) is 39.8 Å². The highest BCUT2D eigenvalue weighted by Crippen LogP contribution is 2.29. The zero-order valence-corrected chi connectivity index (χ0v) is 24.1. The summed E-state index contributed by atoms with van der Waals surface area (Å²) >= 11 is 0. The number of aromatic nitrogens is 5. The van der Waals surface area contributed by atoms with Crippen LogP contribution in [0.15, 0.2) is 59.4 Å². The molecule has 228 valence electrons. The maximum absolute atomic E-state index is 14.3. The van der Waals surface area contributed by atoms with Gasteiger partial charge < -0.3 is 19.3 Å². The second-order valence-electron chi connectivity index (χ2n) is 10.3. The highest BCUT2D eigenvalue weighted by atomic mass is 19.2. The van der Waals surface area contributed by atoms with Gasteiger partial charge in [-0.1, -0.05) is 18.1 Å². The van der Waals surface area contributed by atoms with Gasteiger partial charge in [0.25, 0.3) is 5.91 Å².